The molecule has 1 saturated heterocycles. The molecule has 1 aliphatic rings. The van der Waals surface area contributed by atoms with Gasteiger partial charge in [-0.2, -0.15) is 4.31 Å². The number of aromatic nitrogens is 3. The van der Waals surface area contributed by atoms with Gasteiger partial charge >= 0.3 is 0 Å². The zero-order valence-corrected chi connectivity index (χ0v) is 17.2. The first-order valence-corrected chi connectivity index (χ1v) is 10.9. The minimum Gasteiger partial charge on any atom is -0.352 e. The number of sulfonamides is 1. The van der Waals surface area contributed by atoms with Gasteiger partial charge in [0.05, 0.1) is 4.90 Å². The van der Waals surface area contributed by atoms with E-state index >= 15 is 0 Å². The lowest BCUT2D eigenvalue weighted by Crippen LogP contribution is -2.49. The van der Waals surface area contributed by atoms with Gasteiger partial charge in [-0.05, 0) is 55.0 Å². The van der Waals surface area contributed by atoms with Crippen LogP contribution in [0.25, 0.3) is 0 Å². The second kappa shape index (κ2) is 8.33. The van der Waals surface area contributed by atoms with Crippen LogP contribution in [0.4, 0.5) is 21.8 Å². The lowest BCUT2D eigenvalue weighted by Gasteiger charge is -2.34. The Morgan fingerprint density at radius 2 is 1.77 bits per heavy atom. The quantitative estimate of drug-likeness (QED) is 0.668. The summed E-state index contributed by atoms with van der Waals surface area (Å²) in [5, 5.41) is 11.5. The van der Waals surface area contributed by atoms with Crippen LogP contribution in [-0.2, 0) is 10.0 Å². The monoisotopic (exact) mass is 428 g/mol. The van der Waals surface area contributed by atoms with Crippen molar-refractivity contribution >= 4 is 27.5 Å². The maximum Gasteiger partial charge on any atom is 0.243 e. The van der Waals surface area contributed by atoms with Crippen molar-refractivity contribution < 1.29 is 12.8 Å². The van der Waals surface area contributed by atoms with E-state index in [0.717, 1.165) is 0 Å². The van der Waals surface area contributed by atoms with Crippen molar-refractivity contribution in [3.8, 4) is 0 Å². The minimum atomic E-state index is -3.67. The number of benzene rings is 1. The highest BCUT2D eigenvalue weighted by Crippen LogP contribution is 2.23. The van der Waals surface area contributed by atoms with Gasteiger partial charge < -0.3 is 10.2 Å². The van der Waals surface area contributed by atoms with Crippen LogP contribution >= 0.6 is 0 Å². The summed E-state index contributed by atoms with van der Waals surface area (Å²) in [5.74, 6) is 1.48. The van der Waals surface area contributed by atoms with Gasteiger partial charge in [0.25, 0.3) is 0 Å². The molecule has 0 unspecified atom stereocenters. The van der Waals surface area contributed by atoms with Crippen molar-refractivity contribution in [2.24, 2.45) is 0 Å². The molecule has 10 heteroatoms. The summed E-state index contributed by atoms with van der Waals surface area (Å²) >= 11 is 0. The molecule has 156 valence electrons. The number of rotatable bonds is 5. The molecule has 30 heavy (non-hydrogen) atoms. The maximum atomic E-state index is 13.3. The number of aryl methyl sites for hydroxylation is 1. The second-order valence-electron chi connectivity index (χ2n) is 6.92. The molecule has 1 aliphatic heterocycles. The third kappa shape index (κ3) is 4.24. The van der Waals surface area contributed by atoms with E-state index in [2.05, 4.69) is 20.5 Å². The molecule has 1 aromatic carbocycles. The van der Waals surface area contributed by atoms with Gasteiger partial charge in [0, 0.05) is 32.4 Å². The van der Waals surface area contributed by atoms with Crippen LogP contribution in [0.15, 0.2) is 59.6 Å². The number of nitrogens with zero attached hydrogens (tertiary/aromatic N) is 5. The van der Waals surface area contributed by atoms with Crippen molar-refractivity contribution in [3.63, 3.8) is 0 Å². The summed E-state index contributed by atoms with van der Waals surface area (Å²) in [6.07, 6.45) is 1.69. The van der Waals surface area contributed by atoms with E-state index < -0.39 is 15.8 Å². The average Bonchev–Trinajstić information content (AvgIpc) is 2.75. The molecule has 0 spiro atoms. The van der Waals surface area contributed by atoms with Crippen molar-refractivity contribution in [2.45, 2.75) is 11.8 Å². The third-order valence-corrected chi connectivity index (χ3v) is 6.95. The smallest absolute Gasteiger partial charge is 0.243 e. The zero-order valence-electron chi connectivity index (χ0n) is 16.4. The van der Waals surface area contributed by atoms with Crippen molar-refractivity contribution in [3.05, 3.63) is 66.1 Å². The number of halogens is 1. The molecule has 0 amide bonds. The van der Waals surface area contributed by atoms with E-state index in [0.29, 0.717) is 49.2 Å². The summed E-state index contributed by atoms with van der Waals surface area (Å²) in [4.78, 5) is 6.31. The molecule has 0 radical (unpaired) electrons. The fourth-order valence-corrected chi connectivity index (χ4v) is 4.96. The first-order valence-electron chi connectivity index (χ1n) is 9.46. The summed E-state index contributed by atoms with van der Waals surface area (Å²) in [6, 6.07) is 12.9. The average molecular weight is 428 g/mol. The molecule has 3 heterocycles. The highest BCUT2D eigenvalue weighted by Gasteiger charge is 2.30. The molecule has 0 saturated carbocycles. The Labute approximate surface area is 174 Å². The van der Waals surface area contributed by atoms with Gasteiger partial charge in [-0.3, -0.25) is 0 Å². The largest absolute Gasteiger partial charge is 0.352 e. The van der Waals surface area contributed by atoms with E-state index in [1.165, 1.54) is 22.5 Å². The summed E-state index contributed by atoms with van der Waals surface area (Å²) in [7, 11) is -3.67. The van der Waals surface area contributed by atoms with Crippen molar-refractivity contribution in [2.75, 3.05) is 36.4 Å². The molecule has 8 nitrogen and oxygen atoms in total. The van der Waals surface area contributed by atoms with Crippen LogP contribution in [0.2, 0.25) is 0 Å². The molecule has 0 aliphatic carbocycles. The molecule has 0 atom stereocenters. The molecular weight excluding hydrogens is 407 g/mol. The van der Waals surface area contributed by atoms with Crippen LogP contribution in [0.3, 0.4) is 0 Å². The van der Waals surface area contributed by atoms with Crippen molar-refractivity contribution in [1.29, 1.82) is 0 Å². The molecule has 1 N–H and O–H groups in total. The van der Waals surface area contributed by atoms with E-state index in [1.807, 2.05) is 35.2 Å². The van der Waals surface area contributed by atoms with Crippen molar-refractivity contribution in [1.82, 2.24) is 19.5 Å². The predicted octanol–water partition coefficient (Wildman–Crippen LogP) is 2.57. The van der Waals surface area contributed by atoms with Crippen LogP contribution in [0, 0.1) is 12.7 Å². The van der Waals surface area contributed by atoms with Gasteiger partial charge in [0.2, 0.25) is 10.0 Å². The SMILES string of the molecule is Cc1cc(F)ccc1S(=O)(=O)N1CCN(c2ccc(Nc3ccccn3)nn2)CC1. The Morgan fingerprint density at radius 1 is 0.967 bits per heavy atom. The van der Waals surface area contributed by atoms with Crippen LogP contribution in [-0.4, -0.2) is 54.1 Å². The summed E-state index contributed by atoms with van der Waals surface area (Å²) < 4.78 is 40.6. The number of hydrogen-bond acceptors (Lipinski definition) is 7. The first-order chi connectivity index (χ1) is 14.4. The Morgan fingerprint density at radius 3 is 2.40 bits per heavy atom. The highest BCUT2D eigenvalue weighted by molar-refractivity contribution is 7.89. The van der Waals surface area contributed by atoms with Gasteiger partial charge in [-0.1, -0.05) is 6.07 Å². The number of nitrogens with one attached hydrogen (secondary N) is 1. The van der Waals surface area contributed by atoms with Crippen LogP contribution < -0.4 is 10.2 Å². The van der Waals surface area contributed by atoms with E-state index in [9.17, 15) is 12.8 Å². The number of hydrogen-bond donors (Lipinski definition) is 1. The number of piperazine rings is 1. The van der Waals surface area contributed by atoms with E-state index in [-0.39, 0.29) is 4.90 Å². The predicted molar refractivity (Wildman–Crippen MR) is 112 cm³/mol. The summed E-state index contributed by atoms with van der Waals surface area (Å²) in [5.41, 5.74) is 0.402. The van der Waals surface area contributed by atoms with Crippen LogP contribution in [0.5, 0.6) is 0 Å². The van der Waals surface area contributed by atoms with Gasteiger partial charge in [0.1, 0.15) is 11.6 Å². The Balaban J connectivity index is 1.40. The first kappa shape index (κ1) is 20.2. The maximum absolute atomic E-state index is 13.3. The second-order valence-corrected chi connectivity index (χ2v) is 8.82. The fourth-order valence-electron chi connectivity index (χ4n) is 3.33. The topological polar surface area (TPSA) is 91.3 Å². The highest BCUT2D eigenvalue weighted by atomic mass is 32.2. The molecular formula is C20H21FN6O2S. The lowest BCUT2D eigenvalue weighted by molar-refractivity contribution is 0.383. The van der Waals surface area contributed by atoms with Gasteiger partial charge in [0.15, 0.2) is 11.6 Å². The third-order valence-electron chi connectivity index (χ3n) is 4.89. The standard InChI is InChI=1S/C20H21FN6O2S/c1-15-14-16(21)5-6-17(15)30(28,29)27-12-10-26(11-13-27)20-8-7-19(24-25-20)23-18-4-2-3-9-22-18/h2-9,14H,10-13H2,1H3,(H,22,23,24). The number of pyridine rings is 1. The molecule has 2 aromatic heterocycles. The lowest BCUT2D eigenvalue weighted by atomic mass is 10.2. The Bertz CT molecular complexity index is 1120. The minimum absolute atomic E-state index is 0.141. The van der Waals surface area contributed by atoms with Gasteiger partial charge in [-0.25, -0.2) is 17.8 Å². The molecule has 3 aromatic rings. The van der Waals surface area contributed by atoms with E-state index in [4.69, 9.17) is 0 Å². The molecule has 1 fully saturated rings. The van der Waals surface area contributed by atoms with E-state index in [1.54, 1.807) is 13.1 Å². The normalized spacial score (nSPS) is 15.2. The van der Waals surface area contributed by atoms with Gasteiger partial charge in [-0.15, -0.1) is 10.2 Å². The Kier molecular flexibility index (Phi) is 5.60. The zero-order chi connectivity index (χ0) is 21.1. The van der Waals surface area contributed by atoms with Crippen LogP contribution in [0.1, 0.15) is 5.56 Å². The molecule has 0 bridgehead atoms. The Hall–Kier alpha value is -3.11. The molecule has 4 rings (SSSR count). The fraction of sp³-hybridized carbons (Fsp3) is 0.250. The summed E-state index contributed by atoms with van der Waals surface area (Å²) in [6.45, 7) is 3.20. The number of anilines is 3.